The highest BCUT2D eigenvalue weighted by atomic mass is 19.1. The Labute approximate surface area is 125 Å². The van der Waals surface area contributed by atoms with Crippen molar-refractivity contribution >= 4 is 5.69 Å². The summed E-state index contributed by atoms with van der Waals surface area (Å²) in [7, 11) is 0. The highest BCUT2D eigenvalue weighted by molar-refractivity contribution is 5.42. The van der Waals surface area contributed by atoms with Crippen LogP contribution in [0.4, 0.5) is 10.1 Å². The predicted octanol–water partition coefficient (Wildman–Crippen LogP) is 3.63. The second-order valence-corrected chi connectivity index (χ2v) is 5.66. The van der Waals surface area contributed by atoms with Crippen molar-refractivity contribution in [1.82, 2.24) is 5.32 Å². The molecule has 110 valence electrons. The van der Waals surface area contributed by atoms with Crippen molar-refractivity contribution in [1.29, 1.82) is 0 Å². The molecule has 2 N–H and O–H groups in total. The standard InChI is InChI=1S/C18H21FN2/c19-16-8-6-14(7-9-16)18-10-11-20-12-15(18)13-21-17-4-2-1-3-5-17/h1-9,15,18,20-21H,10-13H2/t15-,18-/m0/s1. The summed E-state index contributed by atoms with van der Waals surface area (Å²) in [5.41, 5.74) is 2.40. The number of rotatable bonds is 4. The number of para-hydroxylation sites is 1. The van der Waals surface area contributed by atoms with Crippen LogP contribution in [0.15, 0.2) is 54.6 Å². The van der Waals surface area contributed by atoms with Gasteiger partial charge in [0.05, 0.1) is 0 Å². The first-order valence-corrected chi connectivity index (χ1v) is 7.58. The van der Waals surface area contributed by atoms with Gasteiger partial charge in [0.25, 0.3) is 0 Å². The van der Waals surface area contributed by atoms with Gasteiger partial charge in [0, 0.05) is 18.8 Å². The average Bonchev–Trinajstić information content (AvgIpc) is 2.55. The fourth-order valence-electron chi connectivity index (χ4n) is 3.09. The zero-order chi connectivity index (χ0) is 14.5. The van der Waals surface area contributed by atoms with Crippen LogP contribution < -0.4 is 10.6 Å². The van der Waals surface area contributed by atoms with Crippen molar-refractivity contribution in [3.05, 3.63) is 66.0 Å². The number of anilines is 1. The molecular weight excluding hydrogens is 263 g/mol. The highest BCUT2D eigenvalue weighted by Gasteiger charge is 2.26. The maximum atomic E-state index is 13.1. The second kappa shape index (κ2) is 6.72. The molecule has 0 radical (unpaired) electrons. The lowest BCUT2D eigenvalue weighted by molar-refractivity contribution is 0.339. The van der Waals surface area contributed by atoms with E-state index < -0.39 is 0 Å². The summed E-state index contributed by atoms with van der Waals surface area (Å²) >= 11 is 0. The molecule has 3 heteroatoms. The van der Waals surface area contributed by atoms with Gasteiger partial charge in [-0.1, -0.05) is 30.3 Å². The van der Waals surface area contributed by atoms with Crippen LogP contribution in [-0.2, 0) is 0 Å². The van der Waals surface area contributed by atoms with Gasteiger partial charge in [-0.15, -0.1) is 0 Å². The number of benzene rings is 2. The molecule has 3 rings (SSSR count). The van der Waals surface area contributed by atoms with E-state index in [-0.39, 0.29) is 5.82 Å². The number of piperidine rings is 1. The van der Waals surface area contributed by atoms with Gasteiger partial charge in [-0.2, -0.15) is 0 Å². The van der Waals surface area contributed by atoms with Crippen LogP contribution in [0.25, 0.3) is 0 Å². The molecule has 21 heavy (non-hydrogen) atoms. The zero-order valence-corrected chi connectivity index (χ0v) is 12.1. The highest BCUT2D eigenvalue weighted by Crippen LogP contribution is 2.30. The molecule has 2 aromatic rings. The van der Waals surface area contributed by atoms with Crippen LogP contribution in [0, 0.1) is 11.7 Å². The summed E-state index contributed by atoms with van der Waals surface area (Å²) in [5.74, 6) is 0.846. The van der Waals surface area contributed by atoms with Gasteiger partial charge in [0.15, 0.2) is 0 Å². The van der Waals surface area contributed by atoms with E-state index in [1.54, 1.807) is 12.1 Å². The largest absolute Gasteiger partial charge is 0.385 e. The molecule has 1 aliphatic rings. The summed E-state index contributed by atoms with van der Waals surface area (Å²) in [5, 5.41) is 6.98. The quantitative estimate of drug-likeness (QED) is 0.896. The van der Waals surface area contributed by atoms with Crippen LogP contribution in [0.3, 0.4) is 0 Å². The molecule has 0 saturated carbocycles. The summed E-state index contributed by atoms with van der Waals surface area (Å²) in [6, 6.07) is 17.3. The molecule has 0 bridgehead atoms. The smallest absolute Gasteiger partial charge is 0.123 e. The number of nitrogens with one attached hydrogen (secondary N) is 2. The van der Waals surface area contributed by atoms with Gasteiger partial charge in [0.2, 0.25) is 0 Å². The van der Waals surface area contributed by atoms with Crippen molar-refractivity contribution < 1.29 is 4.39 Å². The topological polar surface area (TPSA) is 24.1 Å². The van der Waals surface area contributed by atoms with Crippen molar-refractivity contribution in [3.8, 4) is 0 Å². The Hall–Kier alpha value is -1.87. The average molecular weight is 284 g/mol. The van der Waals surface area contributed by atoms with Gasteiger partial charge in [-0.3, -0.25) is 0 Å². The van der Waals surface area contributed by atoms with E-state index in [0.717, 1.165) is 31.7 Å². The molecule has 2 atom stereocenters. The third-order valence-corrected chi connectivity index (χ3v) is 4.25. The first-order valence-electron chi connectivity index (χ1n) is 7.58. The summed E-state index contributed by atoms with van der Waals surface area (Å²) in [6.45, 7) is 2.96. The molecule has 0 spiro atoms. The zero-order valence-electron chi connectivity index (χ0n) is 12.1. The number of hydrogen-bond acceptors (Lipinski definition) is 2. The maximum Gasteiger partial charge on any atom is 0.123 e. The van der Waals surface area contributed by atoms with E-state index in [2.05, 4.69) is 22.8 Å². The van der Waals surface area contributed by atoms with Crippen LogP contribution >= 0.6 is 0 Å². The van der Waals surface area contributed by atoms with Gasteiger partial charge >= 0.3 is 0 Å². The van der Waals surface area contributed by atoms with Crippen molar-refractivity contribution in [2.24, 2.45) is 5.92 Å². The van der Waals surface area contributed by atoms with E-state index in [4.69, 9.17) is 0 Å². The summed E-state index contributed by atoms with van der Waals surface area (Å²) in [6.07, 6.45) is 1.10. The predicted molar refractivity (Wildman–Crippen MR) is 85.0 cm³/mol. The minimum absolute atomic E-state index is 0.161. The second-order valence-electron chi connectivity index (χ2n) is 5.66. The monoisotopic (exact) mass is 284 g/mol. The molecule has 2 aromatic carbocycles. The number of hydrogen-bond donors (Lipinski definition) is 2. The normalized spacial score (nSPS) is 22.0. The lowest BCUT2D eigenvalue weighted by Gasteiger charge is -2.33. The Balaban J connectivity index is 1.68. The Morgan fingerprint density at radius 2 is 1.81 bits per heavy atom. The van der Waals surface area contributed by atoms with Crippen molar-refractivity contribution in [2.45, 2.75) is 12.3 Å². The Kier molecular flexibility index (Phi) is 4.51. The molecule has 2 nitrogen and oxygen atoms in total. The fourth-order valence-corrected chi connectivity index (χ4v) is 3.09. The maximum absolute atomic E-state index is 13.1. The van der Waals surface area contributed by atoms with E-state index in [9.17, 15) is 4.39 Å². The first-order chi connectivity index (χ1) is 10.3. The molecular formula is C18H21FN2. The summed E-state index contributed by atoms with van der Waals surface area (Å²) in [4.78, 5) is 0. The molecule has 0 aliphatic carbocycles. The lowest BCUT2D eigenvalue weighted by atomic mass is 9.81. The van der Waals surface area contributed by atoms with Crippen molar-refractivity contribution in [2.75, 3.05) is 25.0 Å². The lowest BCUT2D eigenvalue weighted by Crippen LogP contribution is -2.38. The molecule has 0 amide bonds. The molecule has 1 aliphatic heterocycles. The van der Waals surface area contributed by atoms with E-state index >= 15 is 0 Å². The van der Waals surface area contributed by atoms with Crippen LogP contribution in [0.2, 0.25) is 0 Å². The first kappa shape index (κ1) is 14.1. The van der Waals surface area contributed by atoms with Gasteiger partial charge in [-0.05, 0) is 54.6 Å². The summed E-state index contributed by atoms with van der Waals surface area (Å²) < 4.78 is 13.1. The molecule has 0 aromatic heterocycles. The molecule has 1 heterocycles. The van der Waals surface area contributed by atoms with Crippen LogP contribution in [-0.4, -0.2) is 19.6 Å². The Morgan fingerprint density at radius 1 is 1.05 bits per heavy atom. The SMILES string of the molecule is Fc1ccc([C@@H]2CCNC[C@H]2CNc2ccccc2)cc1. The fraction of sp³-hybridized carbons (Fsp3) is 0.333. The van der Waals surface area contributed by atoms with Gasteiger partial charge in [-0.25, -0.2) is 4.39 Å². The third-order valence-electron chi connectivity index (χ3n) is 4.25. The minimum Gasteiger partial charge on any atom is -0.385 e. The van der Waals surface area contributed by atoms with E-state index in [0.29, 0.717) is 11.8 Å². The van der Waals surface area contributed by atoms with Crippen LogP contribution in [0.5, 0.6) is 0 Å². The molecule has 0 unspecified atom stereocenters. The Morgan fingerprint density at radius 3 is 2.57 bits per heavy atom. The van der Waals surface area contributed by atoms with Crippen molar-refractivity contribution in [3.63, 3.8) is 0 Å². The molecule has 1 fully saturated rings. The van der Waals surface area contributed by atoms with Gasteiger partial charge < -0.3 is 10.6 Å². The molecule has 1 saturated heterocycles. The Bertz CT molecular complexity index is 553. The number of halogens is 1. The van der Waals surface area contributed by atoms with Crippen LogP contribution in [0.1, 0.15) is 17.9 Å². The third kappa shape index (κ3) is 3.61. The van der Waals surface area contributed by atoms with E-state index in [1.807, 2.05) is 30.3 Å². The minimum atomic E-state index is -0.161. The van der Waals surface area contributed by atoms with E-state index in [1.165, 1.54) is 5.56 Å². The van der Waals surface area contributed by atoms with Gasteiger partial charge in [0.1, 0.15) is 5.82 Å².